The van der Waals surface area contributed by atoms with Crippen molar-refractivity contribution in [3.05, 3.63) is 23.8 Å². The van der Waals surface area contributed by atoms with E-state index in [0.29, 0.717) is 24.4 Å². The lowest BCUT2D eigenvalue weighted by Crippen LogP contribution is -2.33. The minimum atomic E-state index is -3.48. The standard InChI is InChI=1S/C18H25NO5S/c1-19(2)18(21)15-7-4-13(5-8-15)12-24-16-9-6-14(11-20)10-17(16)25(3,22)23/h6,9-11,13,15H,4-5,7-8,12H2,1-3H3/t13-,15-. The Morgan fingerprint density at radius 1 is 1.24 bits per heavy atom. The van der Waals surface area contributed by atoms with Gasteiger partial charge in [-0.25, -0.2) is 8.42 Å². The van der Waals surface area contributed by atoms with Crippen LogP contribution in [0.25, 0.3) is 0 Å². The van der Waals surface area contributed by atoms with Crippen molar-refractivity contribution >= 4 is 22.0 Å². The van der Waals surface area contributed by atoms with Crippen LogP contribution in [0, 0.1) is 11.8 Å². The molecule has 0 bridgehead atoms. The molecule has 0 atom stereocenters. The summed E-state index contributed by atoms with van der Waals surface area (Å²) >= 11 is 0. The zero-order valence-electron chi connectivity index (χ0n) is 14.9. The number of rotatable bonds is 6. The van der Waals surface area contributed by atoms with Crippen LogP contribution in [0.4, 0.5) is 0 Å². The average Bonchev–Trinajstić information content (AvgIpc) is 2.58. The summed E-state index contributed by atoms with van der Waals surface area (Å²) in [5.74, 6) is 0.817. The van der Waals surface area contributed by atoms with E-state index in [1.165, 1.54) is 12.1 Å². The summed E-state index contributed by atoms with van der Waals surface area (Å²) in [4.78, 5) is 24.5. The van der Waals surface area contributed by atoms with Crippen molar-refractivity contribution < 1.29 is 22.7 Å². The summed E-state index contributed by atoms with van der Waals surface area (Å²) in [7, 11) is 0.0595. The maximum absolute atomic E-state index is 12.0. The van der Waals surface area contributed by atoms with Gasteiger partial charge in [-0.3, -0.25) is 9.59 Å². The van der Waals surface area contributed by atoms with Crippen molar-refractivity contribution in [2.45, 2.75) is 30.6 Å². The van der Waals surface area contributed by atoms with Crippen molar-refractivity contribution in [2.75, 3.05) is 27.0 Å². The van der Waals surface area contributed by atoms with Gasteiger partial charge in [0.25, 0.3) is 0 Å². The lowest BCUT2D eigenvalue weighted by Gasteiger charge is -2.29. The molecule has 0 heterocycles. The van der Waals surface area contributed by atoms with Crippen molar-refractivity contribution in [1.82, 2.24) is 4.90 Å². The molecule has 0 aliphatic heterocycles. The van der Waals surface area contributed by atoms with Crippen molar-refractivity contribution in [2.24, 2.45) is 11.8 Å². The number of hydrogen-bond donors (Lipinski definition) is 0. The van der Waals surface area contributed by atoms with Crippen LogP contribution in [0.15, 0.2) is 23.1 Å². The Morgan fingerprint density at radius 2 is 1.88 bits per heavy atom. The predicted molar refractivity (Wildman–Crippen MR) is 94.6 cm³/mol. The number of aldehydes is 1. The molecule has 0 unspecified atom stereocenters. The number of ether oxygens (including phenoxy) is 1. The Kier molecular flexibility index (Phi) is 6.21. The first-order valence-electron chi connectivity index (χ1n) is 8.35. The van der Waals surface area contributed by atoms with Gasteiger partial charge in [-0.2, -0.15) is 0 Å². The first-order valence-corrected chi connectivity index (χ1v) is 10.2. The molecule has 2 rings (SSSR count). The summed E-state index contributed by atoms with van der Waals surface area (Å²) in [6.45, 7) is 0.409. The molecule has 1 aliphatic carbocycles. The van der Waals surface area contributed by atoms with Gasteiger partial charge in [-0.1, -0.05) is 0 Å². The van der Waals surface area contributed by atoms with Gasteiger partial charge in [-0.05, 0) is 49.8 Å². The van der Waals surface area contributed by atoms with Crippen molar-refractivity contribution in [3.8, 4) is 5.75 Å². The second-order valence-electron chi connectivity index (χ2n) is 6.86. The summed E-state index contributed by atoms with van der Waals surface area (Å²) in [5.41, 5.74) is 0.301. The highest BCUT2D eigenvalue weighted by Crippen LogP contribution is 2.31. The van der Waals surface area contributed by atoms with E-state index in [0.717, 1.165) is 31.9 Å². The van der Waals surface area contributed by atoms with E-state index >= 15 is 0 Å². The summed E-state index contributed by atoms with van der Waals surface area (Å²) in [6.07, 6.45) is 5.13. The Morgan fingerprint density at radius 3 is 2.40 bits per heavy atom. The molecule has 138 valence electrons. The van der Waals surface area contributed by atoms with Crippen LogP contribution in [0.5, 0.6) is 5.75 Å². The topological polar surface area (TPSA) is 80.8 Å². The number of carbonyl (C=O) groups excluding carboxylic acids is 2. The van der Waals surface area contributed by atoms with Crippen LogP contribution >= 0.6 is 0 Å². The minimum Gasteiger partial charge on any atom is -0.492 e. The lowest BCUT2D eigenvalue weighted by molar-refractivity contribution is -0.134. The first kappa shape index (κ1) is 19.4. The van der Waals surface area contributed by atoms with E-state index in [9.17, 15) is 18.0 Å². The monoisotopic (exact) mass is 367 g/mol. The SMILES string of the molecule is CN(C)C(=O)[C@H]1CC[C@H](COc2ccc(C=O)cc2S(C)(=O)=O)CC1. The van der Waals surface area contributed by atoms with Gasteiger partial charge in [0.1, 0.15) is 16.9 Å². The first-order chi connectivity index (χ1) is 11.7. The molecular weight excluding hydrogens is 342 g/mol. The van der Waals surface area contributed by atoms with Crippen molar-refractivity contribution in [3.63, 3.8) is 0 Å². The normalized spacial score (nSPS) is 20.8. The highest BCUT2D eigenvalue weighted by molar-refractivity contribution is 7.90. The molecule has 1 aromatic rings. The largest absolute Gasteiger partial charge is 0.492 e. The third-order valence-electron chi connectivity index (χ3n) is 4.61. The molecule has 25 heavy (non-hydrogen) atoms. The van der Waals surface area contributed by atoms with Crippen LogP contribution in [-0.2, 0) is 14.6 Å². The smallest absolute Gasteiger partial charge is 0.225 e. The average molecular weight is 367 g/mol. The second kappa shape index (κ2) is 7.99. The third kappa shape index (κ3) is 5.04. The molecule has 0 aromatic heterocycles. The van der Waals surface area contributed by atoms with Gasteiger partial charge < -0.3 is 9.64 Å². The molecule has 1 aliphatic rings. The van der Waals surface area contributed by atoms with Gasteiger partial charge in [0.2, 0.25) is 5.91 Å². The Balaban J connectivity index is 1.99. The predicted octanol–water partition coefficient (Wildman–Crippen LogP) is 2.18. The van der Waals surface area contributed by atoms with Gasteiger partial charge in [0.15, 0.2) is 9.84 Å². The quantitative estimate of drug-likeness (QED) is 0.720. The number of benzene rings is 1. The van der Waals surface area contributed by atoms with Gasteiger partial charge in [0.05, 0.1) is 6.61 Å². The van der Waals surface area contributed by atoms with Crippen LogP contribution in [0.2, 0.25) is 0 Å². The molecular formula is C18H25NO5S. The van der Waals surface area contributed by atoms with Crippen molar-refractivity contribution in [1.29, 1.82) is 0 Å². The summed E-state index contributed by atoms with van der Waals surface area (Å²) < 4.78 is 29.6. The fourth-order valence-corrected chi connectivity index (χ4v) is 4.00. The zero-order valence-corrected chi connectivity index (χ0v) is 15.7. The Hall–Kier alpha value is -1.89. The fourth-order valence-electron chi connectivity index (χ4n) is 3.16. The number of sulfone groups is 1. The second-order valence-corrected chi connectivity index (χ2v) is 8.84. The maximum atomic E-state index is 12.0. The molecule has 1 amide bonds. The van der Waals surface area contributed by atoms with E-state index in [-0.39, 0.29) is 22.5 Å². The Labute approximate surface area is 149 Å². The lowest BCUT2D eigenvalue weighted by atomic mass is 9.82. The van der Waals surface area contributed by atoms with Gasteiger partial charge >= 0.3 is 0 Å². The molecule has 1 saturated carbocycles. The third-order valence-corrected chi connectivity index (χ3v) is 5.73. The molecule has 0 radical (unpaired) electrons. The van der Waals surface area contributed by atoms with E-state index in [1.54, 1.807) is 25.1 Å². The molecule has 1 aromatic carbocycles. The van der Waals surface area contributed by atoms with Crippen LogP contribution < -0.4 is 4.74 Å². The minimum absolute atomic E-state index is 0.0357. The summed E-state index contributed by atoms with van der Waals surface area (Å²) in [6, 6.07) is 4.41. The van der Waals surface area contributed by atoms with Crippen LogP contribution in [0.1, 0.15) is 36.0 Å². The molecule has 7 heteroatoms. The van der Waals surface area contributed by atoms with Crippen LogP contribution in [-0.4, -0.2) is 52.5 Å². The number of hydrogen-bond acceptors (Lipinski definition) is 5. The molecule has 0 saturated heterocycles. The molecule has 0 spiro atoms. The van der Waals surface area contributed by atoms with E-state index in [4.69, 9.17) is 4.74 Å². The van der Waals surface area contributed by atoms with E-state index in [2.05, 4.69) is 0 Å². The van der Waals surface area contributed by atoms with Gasteiger partial charge in [0, 0.05) is 31.8 Å². The van der Waals surface area contributed by atoms with E-state index < -0.39 is 9.84 Å². The zero-order chi connectivity index (χ0) is 18.6. The Bertz CT molecular complexity index is 734. The highest BCUT2D eigenvalue weighted by Gasteiger charge is 2.28. The number of amides is 1. The maximum Gasteiger partial charge on any atom is 0.225 e. The fraction of sp³-hybridized carbons (Fsp3) is 0.556. The summed E-state index contributed by atoms with van der Waals surface area (Å²) in [5, 5.41) is 0. The van der Waals surface area contributed by atoms with Crippen LogP contribution in [0.3, 0.4) is 0 Å². The molecule has 1 fully saturated rings. The number of carbonyl (C=O) groups is 2. The molecule has 0 N–H and O–H groups in total. The van der Waals surface area contributed by atoms with Gasteiger partial charge in [-0.15, -0.1) is 0 Å². The highest BCUT2D eigenvalue weighted by atomic mass is 32.2. The van der Waals surface area contributed by atoms with E-state index in [1.807, 2.05) is 0 Å². The molecule has 6 nitrogen and oxygen atoms in total. The number of nitrogens with zero attached hydrogens (tertiary/aromatic N) is 1.